The highest BCUT2D eigenvalue weighted by Gasteiger charge is 2.43. The van der Waals surface area contributed by atoms with Gasteiger partial charge in [-0.1, -0.05) is 17.7 Å². The second kappa shape index (κ2) is 4.96. The van der Waals surface area contributed by atoms with Gasteiger partial charge in [0.1, 0.15) is 5.75 Å². The zero-order valence-corrected chi connectivity index (χ0v) is 10.7. The zero-order chi connectivity index (χ0) is 11.9. The molecule has 0 radical (unpaired) electrons. The van der Waals surface area contributed by atoms with Crippen LogP contribution in [0, 0.1) is 0 Å². The predicted octanol–water partition coefficient (Wildman–Crippen LogP) is 3.57. The van der Waals surface area contributed by atoms with Crippen LogP contribution in [0.15, 0.2) is 18.2 Å². The van der Waals surface area contributed by atoms with Crippen LogP contribution < -0.4 is 10.5 Å². The fraction of sp³-hybridized carbons (Fsp3) is 0.455. The van der Waals surface area contributed by atoms with Crippen molar-refractivity contribution in [3.8, 4) is 5.75 Å². The lowest BCUT2D eigenvalue weighted by Gasteiger charge is -2.38. The van der Waals surface area contributed by atoms with Gasteiger partial charge in [0.2, 0.25) is 0 Å². The van der Waals surface area contributed by atoms with E-state index in [0.717, 1.165) is 5.56 Å². The van der Waals surface area contributed by atoms with Gasteiger partial charge in [-0.25, -0.2) is 8.78 Å². The summed E-state index contributed by atoms with van der Waals surface area (Å²) in [6, 6.07) is 4.47. The molecule has 17 heavy (non-hydrogen) atoms. The molecule has 0 amide bonds. The normalized spacial score (nSPS) is 27.1. The third kappa shape index (κ3) is 2.64. The Kier molecular flexibility index (Phi) is 4.23. The highest BCUT2D eigenvalue weighted by molar-refractivity contribution is 6.30. The highest BCUT2D eigenvalue weighted by Crippen LogP contribution is 2.41. The summed E-state index contributed by atoms with van der Waals surface area (Å²) in [6.45, 7) is 1.36. The zero-order valence-electron chi connectivity index (χ0n) is 9.12. The van der Waals surface area contributed by atoms with Crippen LogP contribution in [0.2, 0.25) is 5.02 Å². The van der Waals surface area contributed by atoms with Crippen molar-refractivity contribution >= 4 is 24.0 Å². The monoisotopic (exact) mass is 283 g/mol. The van der Waals surface area contributed by atoms with E-state index in [1.54, 1.807) is 12.1 Å². The molecule has 2 rings (SSSR count). The number of rotatable bonds is 1. The van der Waals surface area contributed by atoms with Crippen LogP contribution in [0.4, 0.5) is 8.78 Å². The second-order valence-corrected chi connectivity index (χ2v) is 4.64. The molecule has 0 unspecified atom stereocenters. The van der Waals surface area contributed by atoms with Gasteiger partial charge in [0, 0.05) is 23.0 Å². The standard InChI is InChI=1S/C11H12ClF2NO.ClH/c1-11(10(13)14)5-8(15)7-3-2-6(12)4-9(7)16-11;/h2-4,8,10H,5,15H2,1H3;1H/t8-,11+;/m1./s1. The van der Waals surface area contributed by atoms with Gasteiger partial charge in [0.25, 0.3) is 6.43 Å². The number of hydrogen-bond acceptors (Lipinski definition) is 2. The van der Waals surface area contributed by atoms with Crippen molar-refractivity contribution in [2.24, 2.45) is 5.73 Å². The maximum Gasteiger partial charge on any atom is 0.277 e. The summed E-state index contributed by atoms with van der Waals surface area (Å²) in [7, 11) is 0. The summed E-state index contributed by atoms with van der Waals surface area (Å²) >= 11 is 5.79. The van der Waals surface area contributed by atoms with Gasteiger partial charge in [0.05, 0.1) is 0 Å². The molecule has 6 heteroatoms. The summed E-state index contributed by atoms with van der Waals surface area (Å²) in [5, 5.41) is 0.449. The molecule has 0 bridgehead atoms. The van der Waals surface area contributed by atoms with E-state index in [9.17, 15) is 8.78 Å². The Bertz CT molecular complexity index is 416. The molecule has 0 saturated carbocycles. The second-order valence-electron chi connectivity index (χ2n) is 4.21. The fourth-order valence-corrected chi connectivity index (χ4v) is 2.04. The molecule has 0 aromatic heterocycles. The minimum Gasteiger partial charge on any atom is -0.481 e. The molecule has 1 aromatic rings. The minimum absolute atomic E-state index is 0. The lowest BCUT2D eigenvalue weighted by molar-refractivity contribution is -0.0808. The highest BCUT2D eigenvalue weighted by atomic mass is 35.5. The molecule has 2 atom stereocenters. The number of alkyl halides is 2. The molecule has 1 aliphatic heterocycles. The number of fused-ring (bicyclic) bond motifs is 1. The maximum absolute atomic E-state index is 12.9. The third-order valence-corrected chi connectivity index (χ3v) is 3.04. The molecule has 0 aliphatic carbocycles. The quantitative estimate of drug-likeness (QED) is 0.855. The summed E-state index contributed by atoms with van der Waals surface area (Å²) in [4.78, 5) is 0. The first-order valence-electron chi connectivity index (χ1n) is 4.94. The van der Waals surface area contributed by atoms with E-state index in [1.807, 2.05) is 0 Å². The molecule has 2 N–H and O–H groups in total. The van der Waals surface area contributed by atoms with Gasteiger partial charge in [-0.2, -0.15) is 0 Å². The number of nitrogens with two attached hydrogens (primary N) is 1. The number of benzene rings is 1. The van der Waals surface area contributed by atoms with Crippen LogP contribution in [-0.4, -0.2) is 12.0 Å². The molecule has 2 nitrogen and oxygen atoms in total. The minimum atomic E-state index is -2.58. The van der Waals surface area contributed by atoms with Gasteiger partial charge >= 0.3 is 0 Å². The number of halogens is 4. The average Bonchev–Trinajstić information content (AvgIpc) is 2.16. The fourth-order valence-electron chi connectivity index (χ4n) is 1.88. The number of ether oxygens (including phenoxy) is 1. The van der Waals surface area contributed by atoms with Gasteiger partial charge in [-0.05, 0) is 19.1 Å². The third-order valence-electron chi connectivity index (χ3n) is 2.81. The Morgan fingerprint density at radius 1 is 1.53 bits per heavy atom. The van der Waals surface area contributed by atoms with E-state index in [2.05, 4.69) is 0 Å². The first-order valence-corrected chi connectivity index (χ1v) is 5.32. The molecule has 1 aliphatic rings. The number of hydrogen-bond donors (Lipinski definition) is 1. The van der Waals surface area contributed by atoms with E-state index in [-0.39, 0.29) is 18.8 Å². The van der Waals surface area contributed by atoms with Crippen LogP contribution in [0.1, 0.15) is 24.9 Å². The van der Waals surface area contributed by atoms with Crippen molar-refractivity contribution in [3.63, 3.8) is 0 Å². The Labute approximate surface area is 109 Å². The van der Waals surface area contributed by atoms with Crippen molar-refractivity contribution in [2.75, 3.05) is 0 Å². The summed E-state index contributed by atoms with van der Waals surface area (Å²) in [5.74, 6) is 0.356. The van der Waals surface area contributed by atoms with Crippen LogP contribution in [-0.2, 0) is 0 Å². The largest absolute Gasteiger partial charge is 0.481 e. The molecule has 0 spiro atoms. The molecule has 1 heterocycles. The van der Waals surface area contributed by atoms with Crippen molar-refractivity contribution in [1.29, 1.82) is 0 Å². The topological polar surface area (TPSA) is 35.2 Å². The van der Waals surface area contributed by atoms with E-state index in [1.165, 1.54) is 13.0 Å². The predicted molar refractivity (Wildman–Crippen MR) is 65.3 cm³/mol. The van der Waals surface area contributed by atoms with E-state index in [4.69, 9.17) is 22.1 Å². The van der Waals surface area contributed by atoms with E-state index >= 15 is 0 Å². The van der Waals surface area contributed by atoms with Crippen LogP contribution in [0.25, 0.3) is 0 Å². The summed E-state index contributed by atoms with van der Waals surface area (Å²) in [6.07, 6.45) is -2.48. The van der Waals surface area contributed by atoms with Crippen LogP contribution in [0.3, 0.4) is 0 Å². The summed E-state index contributed by atoms with van der Waals surface area (Å²) in [5.41, 5.74) is 5.05. The van der Waals surface area contributed by atoms with Gasteiger partial charge < -0.3 is 10.5 Å². The van der Waals surface area contributed by atoms with Gasteiger partial charge in [-0.3, -0.25) is 0 Å². The van der Waals surface area contributed by atoms with Crippen molar-refractivity contribution in [2.45, 2.75) is 31.4 Å². The Morgan fingerprint density at radius 3 is 2.76 bits per heavy atom. The maximum atomic E-state index is 12.9. The van der Waals surface area contributed by atoms with Crippen LogP contribution in [0.5, 0.6) is 5.75 Å². The van der Waals surface area contributed by atoms with Crippen molar-refractivity contribution in [3.05, 3.63) is 28.8 Å². The first kappa shape index (κ1) is 14.5. The van der Waals surface area contributed by atoms with Crippen molar-refractivity contribution in [1.82, 2.24) is 0 Å². The average molecular weight is 284 g/mol. The van der Waals surface area contributed by atoms with E-state index < -0.39 is 18.1 Å². The molecule has 0 fully saturated rings. The molecule has 1 aromatic carbocycles. The first-order chi connectivity index (χ1) is 7.42. The Balaban J connectivity index is 0.00000144. The summed E-state index contributed by atoms with van der Waals surface area (Å²) < 4.78 is 31.0. The van der Waals surface area contributed by atoms with Crippen LogP contribution >= 0.6 is 24.0 Å². The van der Waals surface area contributed by atoms with Gasteiger partial charge in [-0.15, -0.1) is 12.4 Å². The SMILES string of the molecule is C[C@@]1(C(F)F)C[C@@H](N)c2ccc(Cl)cc2O1.Cl. The molecule has 96 valence electrons. The Morgan fingerprint density at radius 2 is 2.18 bits per heavy atom. The lowest BCUT2D eigenvalue weighted by atomic mass is 9.89. The Hall–Kier alpha value is -0.580. The molecular weight excluding hydrogens is 271 g/mol. The molecular formula is C11H13Cl2F2NO. The smallest absolute Gasteiger partial charge is 0.277 e. The lowest BCUT2D eigenvalue weighted by Crippen LogP contribution is -2.46. The molecule has 0 saturated heterocycles. The van der Waals surface area contributed by atoms with Gasteiger partial charge in [0.15, 0.2) is 5.60 Å². The van der Waals surface area contributed by atoms with E-state index in [0.29, 0.717) is 10.8 Å². The van der Waals surface area contributed by atoms with Crippen molar-refractivity contribution < 1.29 is 13.5 Å².